The van der Waals surface area contributed by atoms with E-state index in [0.29, 0.717) is 11.4 Å². The van der Waals surface area contributed by atoms with Crippen molar-refractivity contribution in [3.05, 3.63) is 58.7 Å². The van der Waals surface area contributed by atoms with E-state index in [9.17, 15) is 13.2 Å². The fourth-order valence-electron chi connectivity index (χ4n) is 3.40. The maximum Gasteiger partial charge on any atom is 0.244 e. The van der Waals surface area contributed by atoms with Gasteiger partial charge in [-0.05, 0) is 81.1 Å². The Morgan fingerprint density at radius 3 is 2.07 bits per heavy atom. The van der Waals surface area contributed by atoms with Gasteiger partial charge in [0.15, 0.2) is 0 Å². The van der Waals surface area contributed by atoms with Crippen LogP contribution in [0.4, 0.5) is 5.69 Å². The maximum absolute atomic E-state index is 12.9. The van der Waals surface area contributed by atoms with Crippen molar-refractivity contribution in [2.24, 2.45) is 0 Å². The Kier molecular flexibility index (Phi) is 6.95. The summed E-state index contributed by atoms with van der Waals surface area (Å²) in [4.78, 5) is 12.9. The SMILES string of the molecule is COc1ccc(N([C@@H](C)C(=O)N[C@H](C)c2cc(C)c(C)cc2C)S(C)(=O)=O)cc1. The fraction of sp³-hybridized carbons (Fsp3) is 0.409. The summed E-state index contributed by atoms with van der Waals surface area (Å²) >= 11 is 0. The summed E-state index contributed by atoms with van der Waals surface area (Å²) in [6, 6.07) is 9.59. The first-order chi connectivity index (χ1) is 13.5. The standard InChI is InChI=1S/C22H30N2O4S/c1-14-12-16(3)21(13-15(14)2)17(4)23-22(25)18(5)24(29(7,26)27)19-8-10-20(28-6)11-9-19/h8-13,17-18H,1-7H3,(H,23,25)/t17-,18+/m1/s1. The minimum absolute atomic E-state index is 0.249. The van der Waals surface area contributed by atoms with Crippen molar-refractivity contribution in [2.75, 3.05) is 17.7 Å². The highest BCUT2D eigenvalue weighted by atomic mass is 32.2. The number of hydrogen-bond acceptors (Lipinski definition) is 4. The predicted molar refractivity (Wildman–Crippen MR) is 117 cm³/mol. The highest BCUT2D eigenvalue weighted by molar-refractivity contribution is 7.92. The second kappa shape index (κ2) is 8.86. The molecule has 1 amide bonds. The number of anilines is 1. The molecule has 0 heterocycles. The van der Waals surface area contributed by atoms with Crippen molar-refractivity contribution in [3.63, 3.8) is 0 Å². The Hall–Kier alpha value is -2.54. The molecule has 2 rings (SSSR count). The summed E-state index contributed by atoms with van der Waals surface area (Å²) in [7, 11) is -2.13. The molecule has 0 bridgehead atoms. The third-order valence-electron chi connectivity index (χ3n) is 5.12. The highest BCUT2D eigenvalue weighted by Gasteiger charge is 2.30. The van der Waals surface area contributed by atoms with E-state index < -0.39 is 16.1 Å². The molecule has 2 aromatic carbocycles. The third-order valence-corrected chi connectivity index (χ3v) is 6.36. The molecule has 2 aromatic rings. The average Bonchev–Trinajstić information content (AvgIpc) is 2.64. The number of nitrogens with zero attached hydrogens (tertiary/aromatic N) is 1. The number of amides is 1. The minimum atomic E-state index is -3.67. The average molecular weight is 419 g/mol. The number of benzene rings is 2. The maximum atomic E-state index is 12.9. The molecule has 0 spiro atoms. The van der Waals surface area contributed by atoms with Gasteiger partial charge in [-0.2, -0.15) is 0 Å². The number of aryl methyl sites for hydroxylation is 3. The second-order valence-corrected chi connectivity index (χ2v) is 9.32. The largest absolute Gasteiger partial charge is 0.497 e. The second-order valence-electron chi connectivity index (χ2n) is 7.46. The number of carbonyl (C=O) groups is 1. The molecule has 0 aliphatic carbocycles. The van der Waals surface area contributed by atoms with E-state index in [0.717, 1.165) is 27.3 Å². The third kappa shape index (κ3) is 5.29. The molecule has 0 aliphatic heterocycles. The number of hydrogen-bond donors (Lipinski definition) is 1. The molecule has 0 aromatic heterocycles. The van der Waals surface area contributed by atoms with E-state index >= 15 is 0 Å². The van der Waals surface area contributed by atoms with E-state index in [2.05, 4.69) is 24.4 Å². The summed E-state index contributed by atoms with van der Waals surface area (Å²) in [6.45, 7) is 9.58. The fourth-order valence-corrected chi connectivity index (χ4v) is 4.57. The number of nitrogens with one attached hydrogen (secondary N) is 1. The van der Waals surface area contributed by atoms with Crippen LogP contribution in [-0.2, 0) is 14.8 Å². The number of sulfonamides is 1. The summed E-state index contributed by atoms with van der Waals surface area (Å²) < 4.78 is 31.1. The molecule has 0 saturated carbocycles. The van der Waals surface area contributed by atoms with Crippen LogP contribution in [-0.4, -0.2) is 33.7 Å². The lowest BCUT2D eigenvalue weighted by molar-refractivity contribution is -0.122. The van der Waals surface area contributed by atoms with Gasteiger partial charge in [-0.3, -0.25) is 9.10 Å². The van der Waals surface area contributed by atoms with Gasteiger partial charge in [0.2, 0.25) is 15.9 Å². The van der Waals surface area contributed by atoms with E-state index in [-0.39, 0.29) is 11.9 Å². The van der Waals surface area contributed by atoms with E-state index in [1.807, 2.05) is 20.8 Å². The zero-order valence-corrected chi connectivity index (χ0v) is 18.9. The molecule has 6 nitrogen and oxygen atoms in total. The van der Waals surface area contributed by atoms with Crippen molar-refractivity contribution in [2.45, 2.75) is 46.7 Å². The number of carbonyl (C=O) groups excluding carboxylic acids is 1. The smallest absolute Gasteiger partial charge is 0.244 e. The highest BCUT2D eigenvalue weighted by Crippen LogP contribution is 2.25. The van der Waals surface area contributed by atoms with Crippen LogP contribution in [0.5, 0.6) is 5.75 Å². The summed E-state index contributed by atoms with van der Waals surface area (Å²) in [5, 5.41) is 2.96. The van der Waals surface area contributed by atoms with Crippen molar-refractivity contribution < 1.29 is 17.9 Å². The molecule has 2 atom stereocenters. The first-order valence-electron chi connectivity index (χ1n) is 9.47. The molecule has 158 valence electrons. The molecular formula is C22H30N2O4S. The van der Waals surface area contributed by atoms with Crippen LogP contribution in [0.25, 0.3) is 0 Å². The van der Waals surface area contributed by atoms with Crippen molar-refractivity contribution in [1.82, 2.24) is 5.32 Å². The Morgan fingerprint density at radius 2 is 1.55 bits per heavy atom. The lowest BCUT2D eigenvalue weighted by Crippen LogP contribution is -2.48. The van der Waals surface area contributed by atoms with Crippen molar-refractivity contribution in [3.8, 4) is 5.75 Å². The molecule has 0 saturated heterocycles. The van der Waals surface area contributed by atoms with Crippen LogP contribution < -0.4 is 14.4 Å². The van der Waals surface area contributed by atoms with E-state index in [4.69, 9.17) is 4.74 Å². The lowest BCUT2D eigenvalue weighted by atomic mass is 9.96. The topological polar surface area (TPSA) is 75.7 Å². The van der Waals surface area contributed by atoms with Crippen molar-refractivity contribution in [1.29, 1.82) is 0 Å². The van der Waals surface area contributed by atoms with Crippen LogP contribution in [0, 0.1) is 20.8 Å². The molecule has 29 heavy (non-hydrogen) atoms. The Labute approximate surface area is 173 Å². The van der Waals surface area contributed by atoms with Gasteiger partial charge in [-0.25, -0.2) is 8.42 Å². The normalized spacial score (nSPS) is 13.5. The van der Waals surface area contributed by atoms with E-state index in [1.165, 1.54) is 12.7 Å². The molecule has 0 fully saturated rings. The Morgan fingerprint density at radius 1 is 1.00 bits per heavy atom. The van der Waals surface area contributed by atoms with Crippen LogP contribution in [0.2, 0.25) is 0 Å². The van der Waals surface area contributed by atoms with Crippen LogP contribution >= 0.6 is 0 Å². The lowest BCUT2D eigenvalue weighted by Gasteiger charge is -2.29. The summed E-state index contributed by atoms with van der Waals surface area (Å²) in [5.41, 5.74) is 4.86. The molecule has 1 N–H and O–H groups in total. The monoisotopic (exact) mass is 418 g/mol. The van der Waals surface area contributed by atoms with Gasteiger partial charge in [-0.15, -0.1) is 0 Å². The molecule has 0 unspecified atom stereocenters. The first kappa shape index (κ1) is 22.7. The van der Waals surface area contributed by atoms with Gasteiger partial charge in [0.05, 0.1) is 25.1 Å². The van der Waals surface area contributed by atoms with Crippen molar-refractivity contribution >= 4 is 21.6 Å². The summed E-state index contributed by atoms with van der Waals surface area (Å²) in [5.74, 6) is 0.245. The Balaban J connectivity index is 2.28. The van der Waals surface area contributed by atoms with Gasteiger partial charge < -0.3 is 10.1 Å². The van der Waals surface area contributed by atoms with Crippen LogP contribution in [0.15, 0.2) is 36.4 Å². The Bertz CT molecular complexity index is 985. The number of rotatable bonds is 7. The molecule has 0 aliphatic rings. The van der Waals surface area contributed by atoms with Gasteiger partial charge in [0, 0.05) is 0 Å². The first-order valence-corrected chi connectivity index (χ1v) is 11.3. The zero-order valence-electron chi connectivity index (χ0n) is 18.1. The van der Waals surface area contributed by atoms with Gasteiger partial charge >= 0.3 is 0 Å². The quantitative estimate of drug-likeness (QED) is 0.745. The number of methoxy groups -OCH3 is 1. The molecular weight excluding hydrogens is 388 g/mol. The zero-order chi connectivity index (χ0) is 21.9. The molecule has 0 radical (unpaired) electrons. The predicted octanol–water partition coefficient (Wildman–Crippen LogP) is 3.65. The van der Waals surface area contributed by atoms with E-state index in [1.54, 1.807) is 31.2 Å². The molecule has 7 heteroatoms. The van der Waals surface area contributed by atoms with Gasteiger partial charge in [0.25, 0.3) is 0 Å². The number of ether oxygens (including phenoxy) is 1. The van der Waals surface area contributed by atoms with Gasteiger partial charge in [-0.1, -0.05) is 12.1 Å². The summed E-state index contributed by atoms with van der Waals surface area (Å²) in [6.07, 6.45) is 1.10. The van der Waals surface area contributed by atoms with Crippen LogP contribution in [0.1, 0.15) is 42.1 Å². The minimum Gasteiger partial charge on any atom is -0.497 e. The van der Waals surface area contributed by atoms with Crippen LogP contribution in [0.3, 0.4) is 0 Å². The van der Waals surface area contributed by atoms with Gasteiger partial charge in [0.1, 0.15) is 11.8 Å².